The van der Waals surface area contributed by atoms with Crippen molar-refractivity contribution in [2.45, 2.75) is 43.9 Å². The van der Waals surface area contributed by atoms with Crippen LogP contribution in [-0.2, 0) is 6.54 Å². The van der Waals surface area contributed by atoms with Crippen molar-refractivity contribution in [1.82, 2.24) is 5.32 Å². The lowest BCUT2D eigenvalue weighted by atomic mass is 10.1. The molecule has 0 atom stereocenters. The zero-order chi connectivity index (χ0) is 15.1. The minimum Gasteiger partial charge on any atom is -0.493 e. The molecule has 0 heterocycles. The zero-order valence-electron chi connectivity index (χ0n) is 13.4. The van der Waals surface area contributed by atoms with Crippen LogP contribution in [0.3, 0.4) is 0 Å². The van der Waals surface area contributed by atoms with Gasteiger partial charge in [-0.15, -0.1) is 0 Å². The van der Waals surface area contributed by atoms with E-state index >= 15 is 0 Å². The second kappa shape index (κ2) is 7.95. The van der Waals surface area contributed by atoms with Crippen LogP contribution in [0, 0.1) is 0 Å². The molecule has 0 radical (unpaired) electrons. The molecule has 21 heavy (non-hydrogen) atoms. The van der Waals surface area contributed by atoms with Gasteiger partial charge in [0.25, 0.3) is 0 Å². The van der Waals surface area contributed by atoms with Crippen LogP contribution in [0.5, 0.6) is 11.5 Å². The lowest BCUT2D eigenvalue weighted by Gasteiger charge is -2.27. The maximum Gasteiger partial charge on any atom is 0.161 e. The maximum atomic E-state index is 5.63. The molecule has 0 aliphatic heterocycles. The predicted octanol–water partition coefficient (Wildman–Crippen LogP) is 3.86. The van der Waals surface area contributed by atoms with Crippen LogP contribution in [-0.4, -0.2) is 31.3 Å². The van der Waals surface area contributed by atoms with Gasteiger partial charge in [-0.25, -0.2) is 0 Å². The van der Waals surface area contributed by atoms with E-state index in [0.717, 1.165) is 24.6 Å². The van der Waals surface area contributed by atoms with Gasteiger partial charge in [0.05, 0.1) is 13.7 Å². The summed E-state index contributed by atoms with van der Waals surface area (Å²) in [5.74, 6) is 1.64. The van der Waals surface area contributed by atoms with E-state index in [9.17, 15) is 0 Å². The highest BCUT2D eigenvalue weighted by Gasteiger charge is 2.32. The normalized spacial score (nSPS) is 16.9. The molecule has 1 aliphatic rings. The van der Waals surface area contributed by atoms with Crippen molar-refractivity contribution < 1.29 is 9.47 Å². The Hall–Kier alpha value is -0.870. The third kappa shape index (κ3) is 4.30. The van der Waals surface area contributed by atoms with Crippen molar-refractivity contribution in [2.24, 2.45) is 0 Å². The van der Waals surface area contributed by atoms with Gasteiger partial charge in [0.2, 0.25) is 0 Å². The molecule has 0 aromatic heterocycles. The Morgan fingerprint density at radius 2 is 2.00 bits per heavy atom. The molecule has 118 valence electrons. The third-order valence-corrected chi connectivity index (χ3v) is 5.67. The van der Waals surface area contributed by atoms with E-state index in [-0.39, 0.29) is 0 Å². The molecule has 1 fully saturated rings. The Balaban J connectivity index is 1.92. The molecule has 1 saturated carbocycles. The van der Waals surface area contributed by atoms with Crippen LogP contribution in [0.25, 0.3) is 0 Å². The molecule has 1 N–H and O–H groups in total. The summed E-state index contributed by atoms with van der Waals surface area (Å²) in [4.78, 5) is 0. The number of ether oxygens (including phenoxy) is 2. The Morgan fingerprint density at radius 3 is 2.62 bits per heavy atom. The van der Waals surface area contributed by atoms with Crippen molar-refractivity contribution in [1.29, 1.82) is 0 Å². The first-order valence-electron chi connectivity index (χ1n) is 7.78. The number of nitrogens with one attached hydrogen (secondary N) is 1. The monoisotopic (exact) mass is 309 g/mol. The molecule has 1 aromatic rings. The summed E-state index contributed by atoms with van der Waals surface area (Å²) in [5.41, 5.74) is 1.24. The minimum absolute atomic E-state index is 0.454. The van der Waals surface area contributed by atoms with Gasteiger partial charge in [-0.2, -0.15) is 11.8 Å². The Bertz CT molecular complexity index is 444. The van der Waals surface area contributed by atoms with Crippen LogP contribution >= 0.6 is 11.8 Å². The maximum absolute atomic E-state index is 5.63. The highest BCUT2D eigenvalue weighted by molar-refractivity contribution is 8.00. The van der Waals surface area contributed by atoms with Crippen molar-refractivity contribution in [3.63, 3.8) is 0 Å². The fourth-order valence-corrected chi connectivity index (χ4v) is 3.95. The number of rotatable bonds is 8. The van der Waals surface area contributed by atoms with E-state index in [2.05, 4.69) is 23.7 Å². The van der Waals surface area contributed by atoms with Crippen LogP contribution in [0.1, 0.15) is 38.2 Å². The average Bonchev–Trinajstić information content (AvgIpc) is 2.97. The number of thioether (sulfide) groups is 1. The molecule has 0 unspecified atom stereocenters. The summed E-state index contributed by atoms with van der Waals surface area (Å²) in [6.07, 6.45) is 7.68. The molecule has 0 saturated heterocycles. The molecule has 2 rings (SSSR count). The number of hydrogen-bond acceptors (Lipinski definition) is 4. The second-order valence-corrected chi connectivity index (χ2v) is 6.89. The molecule has 1 aliphatic carbocycles. The smallest absolute Gasteiger partial charge is 0.161 e. The van der Waals surface area contributed by atoms with Crippen molar-refractivity contribution >= 4 is 11.8 Å². The fraction of sp³-hybridized carbons (Fsp3) is 0.647. The molecule has 1 aromatic carbocycles. The van der Waals surface area contributed by atoms with Gasteiger partial charge in [-0.05, 0) is 43.7 Å². The largest absolute Gasteiger partial charge is 0.493 e. The number of methoxy groups -OCH3 is 1. The molecule has 0 amide bonds. The lowest BCUT2D eigenvalue weighted by molar-refractivity contribution is 0.310. The number of hydrogen-bond donors (Lipinski definition) is 1. The second-order valence-electron chi connectivity index (χ2n) is 5.62. The highest BCUT2D eigenvalue weighted by Crippen LogP contribution is 2.39. The first kappa shape index (κ1) is 16.5. The molecule has 0 bridgehead atoms. The van der Waals surface area contributed by atoms with Crippen molar-refractivity contribution in [3.8, 4) is 11.5 Å². The number of benzene rings is 1. The topological polar surface area (TPSA) is 30.5 Å². The third-order valence-electron chi connectivity index (χ3n) is 4.25. The van der Waals surface area contributed by atoms with E-state index in [4.69, 9.17) is 9.47 Å². The molecule has 3 nitrogen and oxygen atoms in total. The predicted molar refractivity (Wildman–Crippen MR) is 90.6 cm³/mol. The Labute approximate surface area is 132 Å². The standard InChI is InChI=1S/C17H27NO2S/c1-4-20-16-11-14(7-8-15(16)19-2)12-18-13-17(21-3)9-5-6-10-17/h7-8,11,18H,4-6,9-10,12-13H2,1-3H3. The first-order valence-corrected chi connectivity index (χ1v) is 9.01. The summed E-state index contributed by atoms with van der Waals surface area (Å²) < 4.78 is 11.4. The summed E-state index contributed by atoms with van der Waals surface area (Å²) in [5, 5.41) is 3.62. The van der Waals surface area contributed by atoms with Gasteiger partial charge in [-0.1, -0.05) is 18.9 Å². The summed E-state index contributed by atoms with van der Waals surface area (Å²) in [6.45, 7) is 4.62. The van der Waals surface area contributed by atoms with Gasteiger partial charge >= 0.3 is 0 Å². The van der Waals surface area contributed by atoms with E-state index < -0.39 is 0 Å². The molecule has 0 spiro atoms. The van der Waals surface area contributed by atoms with E-state index in [1.54, 1.807) is 7.11 Å². The van der Waals surface area contributed by atoms with Crippen LogP contribution in [0.2, 0.25) is 0 Å². The van der Waals surface area contributed by atoms with Gasteiger partial charge in [0, 0.05) is 17.8 Å². The van der Waals surface area contributed by atoms with E-state index in [1.165, 1.54) is 31.2 Å². The summed E-state index contributed by atoms with van der Waals surface area (Å²) in [6, 6.07) is 6.17. The Morgan fingerprint density at radius 1 is 1.24 bits per heavy atom. The summed E-state index contributed by atoms with van der Waals surface area (Å²) >= 11 is 2.03. The van der Waals surface area contributed by atoms with Crippen molar-refractivity contribution in [2.75, 3.05) is 26.5 Å². The van der Waals surface area contributed by atoms with Crippen LogP contribution in [0.4, 0.5) is 0 Å². The fourth-order valence-electron chi connectivity index (χ4n) is 3.01. The van der Waals surface area contributed by atoms with Crippen LogP contribution in [0.15, 0.2) is 18.2 Å². The lowest BCUT2D eigenvalue weighted by Crippen LogP contribution is -2.34. The molecular formula is C17H27NO2S. The van der Waals surface area contributed by atoms with E-state index in [0.29, 0.717) is 11.4 Å². The van der Waals surface area contributed by atoms with Gasteiger partial charge in [0.1, 0.15) is 0 Å². The molecular weight excluding hydrogens is 282 g/mol. The van der Waals surface area contributed by atoms with Gasteiger partial charge in [-0.3, -0.25) is 0 Å². The Kier molecular flexibility index (Phi) is 6.24. The minimum atomic E-state index is 0.454. The van der Waals surface area contributed by atoms with Crippen LogP contribution < -0.4 is 14.8 Å². The van der Waals surface area contributed by atoms with Gasteiger partial charge in [0.15, 0.2) is 11.5 Å². The first-order chi connectivity index (χ1) is 10.2. The quantitative estimate of drug-likeness (QED) is 0.790. The van der Waals surface area contributed by atoms with Crippen molar-refractivity contribution in [3.05, 3.63) is 23.8 Å². The SMILES string of the molecule is CCOc1cc(CNCC2(SC)CCCC2)ccc1OC. The average molecular weight is 309 g/mol. The van der Waals surface area contributed by atoms with Gasteiger partial charge < -0.3 is 14.8 Å². The van der Waals surface area contributed by atoms with E-state index in [1.807, 2.05) is 24.8 Å². The zero-order valence-corrected chi connectivity index (χ0v) is 14.2. The highest BCUT2D eigenvalue weighted by atomic mass is 32.2. The molecule has 4 heteroatoms. The summed E-state index contributed by atoms with van der Waals surface area (Å²) in [7, 11) is 1.68.